The van der Waals surface area contributed by atoms with Crippen LogP contribution in [0.15, 0.2) is 67.0 Å². The van der Waals surface area contributed by atoms with E-state index in [2.05, 4.69) is 68.8 Å². The Balaban J connectivity index is 1.40. The Morgan fingerprint density at radius 3 is 2.30 bits per heavy atom. The van der Waals surface area contributed by atoms with E-state index in [0.29, 0.717) is 0 Å². The highest BCUT2D eigenvalue weighted by molar-refractivity contribution is 5.86. The fourth-order valence-electron chi connectivity index (χ4n) is 4.66. The summed E-state index contributed by atoms with van der Waals surface area (Å²) < 4.78 is 2.55. The molecule has 4 nitrogen and oxygen atoms in total. The van der Waals surface area contributed by atoms with Gasteiger partial charge < -0.3 is 4.57 Å². The molecule has 152 valence electrons. The van der Waals surface area contributed by atoms with Gasteiger partial charge in [0.1, 0.15) is 0 Å². The number of benzene rings is 1. The zero-order valence-electron chi connectivity index (χ0n) is 17.6. The van der Waals surface area contributed by atoms with E-state index in [1.165, 1.54) is 33.4 Å². The van der Waals surface area contributed by atoms with E-state index >= 15 is 0 Å². The van der Waals surface area contributed by atoms with E-state index in [0.717, 1.165) is 51.1 Å². The van der Waals surface area contributed by atoms with Crippen LogP contribution in [0.2, 0.25) is 0 Å². The highest BCUT2D eigenvalue weighted by atomic mass is 15.1. The molecule has 1 aliphatic heterocycles. The molecule has 1 aromatic carbocycles. The van der Waals surface area contributed by atoms with Crippen LogP contribution in [0, 0.1) is 6.92 Å². The third kappa shape index (κ3) is 3.88. The van der Waals surface area contributed by atoms with Crippen molar-refractivity contribution in [2.24, 2.45) is 0 Å². The molecule has 0 bridgehead atoms. The Bertz CT molecular complexity index is 1130. The third-order valence-corrected chi connectivity index (χ3v) is 6.22. The molecule has 0 amide bonds. The molecule has 5 rings (SSSR count). The maximum absolute atomic E-state index is 4.52. The predicted octanol–water partition coefficient (Wildman–Crippen LogP) is 4.58. The van der Waals surface area contributed by atoms with Crippen LogP contribution >= 0.6 is 0 Å². The monoisotopic (exact) mass is 396 g/mol. The fourth-order valence-corrected chi connectivity index (χ4v) is 4.66. The topological polar surface area (TPSA) is 34.0 Å². The maximum Gasteiger partial charge on any atom is 0.0486 e. The number of nitrogens with zero attached hydrogens (tertiary/aromatic N) is 4. The van der Waals surface area contributed by atoms with Crippen molar-refractivity contribution in [1.29, 1.82) is 0 Å². The quantitative estimate of drug-likeness (QED) is 0.478. The van der Waals surface area contributed by atoms with E-state index in [9.17, 15) is 0 Å². The van der Waals surface area contributed by atoms with Crippen molar-refractivity contribution in [2.75, 3.05) is 13.1 Å². The molecule has 4 heterocycles. The molecule has 0 fully saturated rings. The molecule has 0 unspecified atom stereocenters. The summed E-state index contributed by atoms with van der Waals surface area (Å²) in [5.74, 6) is 0. The normalized spacial score (nSPS) is 14.2. The number of rotatable bonds is 6. The number of aryl methyl sites for hydroxylation is 3. The third-order valence-electron chi connectivity index (χ3n) is 6.22. The summed E-state index contributed by atoms with van der Waals surface area (Å²) in [6, 6.07) is 19.3. The van der Waals surface area contributed by atoms with Crippen molar-refractivity contribution >= 4 is 10.9 Å². The largest absolute Gasteiger partial charge is 0.344 e. The number of hydrogen-bond donors (Lipinski definition) is 0. The zero-order chi connectivity index (χ0) is 20.3. The van der Waals surface area contributed by atoms with Crippen LogP contribution in [-0.2, 0) is 32.4 Å². The Morgan fingerprint density at radius 1 is 0.867 bits per heavy atom. The standard InChI is InChI=1S/C26H28N4/c1-20-8-9-25-23(18-20)24-19-29(15-10-21-6-2-4-13-27-21)16-12-26(24)30(25)17-11-22-7-3-5-14-28-22/h2-9,13-14,18H,10-12,15-17,19H2,1H3. The first-order chi connectivity index (χ1) is 14.8. The van der Waals surface area contributed by atoms with Crippen LogP contribution < -0.4 is 0 Å². The molecule has 4 heteroatoms. The highest BCUT2D eigenvalue weighted by Crippen LogP contribution is 2.32. The first-order valence-corrected chi connectivity index (χ1v) is 10.9. The summed E-state index contributed by atoms with van der Waals surface area (Å²) in [6.45, 7) is 6.37. The molecular formula is C26H28N4. The molecule has 0 aliphatic carbocycles. The van der Waals surface area contributed by atoms with Crippen molar-refractivity contribution in [3.63, 3.8) is 0 Å². The average Bonchev–Trinajstić information content (AvgIpc) is 3.10. The van der Waals surface area contributed by atoms with Gasteiger partial charge in [0.05, 0.1) is 0 Å². The second-order valence-electron chi connectivity index (χ2n) is 8.27. The van der Waals surface area contributed by atoms with Crippen LogP contribution in [0.25, 0.3) is 10.9 Å². The smallest absolute Gasteiger partial charge is 0.0486 e. The molecule has 0 atom stereocenters. The minimum absolute atomic E-state index is 0.967. The van der Waals surface area contributed by atoms with Crippen LogP contribution in [0.1, 0.15) is 28.2 Å². The minimum Gasteiger partial charge on any atom is -0.344 e. The second kappa shape index (κ2) is 8.41. The van der Waals surface area contributed by atoms with Crippen LogP contribution in [0.5, 0.6) is 0 Å². The lowest BCUT2D eigenvalue weighted by atomic mass is 10.0. The Kier molecular flexibility index (Phi) is 5.33. The van der Waals surface area contributed by atoms with Crippen molar-refractivity contribution in [3.05, 3.63) is 95.2 Å². The maximum atomic E-state index is 4.52. The van der Waals surface area contributed by atoms with Gasteiger partial charge in [-0.15, -0.1) is 0 Å². The van der Waals surface area contributed by atoms with Gasteiger partial charge in [-0.3, -0.25) is 14.9 Å². The van der Waals surface area contributed by atoms with Crippen molar-refractivity contribution in [1.82, 2.24) is 19.4 Å². The zero-order valence-corrected chi connectivity index (χ0v) is 17.6. The van der Waals surface area contributed by atoms with Crippen LogP contribution in [-0.4, -0.2) is 32.5 Å². The van der Waals surface area contributed by atoms with Crippen molar-refractivity contribution in [2.45, 2.75) is 39.3 Å². The number of hydrogen-bond acceptors (Lipinski definition) is 3. The van der Waals surface area contributed by atoms with E-state index < -0.39 is 0 Å². The van der Waals surface area contributed by atoms with Gasteiger partial charge in [0.2, 0.25) is 0 Å². The Morgan fingerprint density at radius 2 is 1.60 bits per heavy atom. The lowest BCUT2D eigenvalue weighted by Crippen LogP contribution is -2.33. The first-order valence-electron chi connectivity index (χ1n) is 10.9. The lowest BCUT2D eigenvalue weighted by molar-refractivity contribution is 0.254. The minimum atomic E-state index is 0.967. The summed E-state index contributed by atoms with van der Waals surface area (Å²) in [5, 5.41) is 1.42. The summed E-state index contributed by atoms with van der Waals surface area (Å²) in [7, 11) is 0. The van der Waals surface area contributed by atoms with Gasteiger partial charge in [-0.05, 0) is 48.9 Å². The summed E-state index contributed by atoms with van der Waals surface area (Å²) >= 11 is 0. The summed E-state index contributed by atoms with van der Waals surface area (Å²) in [6.07, 6.45) is 6.86. The molecule has 0 radical (unpaired) electrons. The molecule has 0 saturated carbocycles. The Labute approximate surface area is 178 Å². The molecule has 4 aromatic rings. The van der Waals surface area contributed by atoms with E-state index in [1.807, 2.05) is 24.5 Å². The molecule has 3 aromatic heterocycles. The molecule has 1 aliphatic rings. The summed E-state index contributed by atoms with van der Waals surface area (Å²) in [4.78, 5) is 11.6. The van der Waals surface area contributed by atoms with Gasteiger partial charge in [-0.25, -0.2) is 0 Å². The highest BCUT2D eigenvalue weighted by Gasteiger charge is 2.24. The lowest BCUT2D eigenvalue weighted by Gasteiger charge is -2.28. The fraction of sp³-hybridized carbons (Fsp3) is 0.308. The van der Waals surface area contributed by atoms with E-state index in [4.69, 9.17) is 0 Å². The molecule has 0 N–H and O–H groups in total. The van der Waals surface area contributed by atoms with Crippen molar-refractivity contribution < 1.29 is 0 Å². The van der Waals surface area contributed by atoms with Gasteiger partial charge in [0.15, 0.2) is 0 Å². The van der Waals surface area contributed by atoms with Gasteiger partial charge in [0, 0.05) is 85.8 Å². The van der Waals surface area contributed by atoms with Gasteiger partial charge in [0.25, 0.3) is 0 Å². The van der Waals surface area contributed by atoms with Gasteiger partial charge in [-0.1, -0.05) is 23.8 Å². The van der Waals surface area contributed by atoms with Crippen LogP contribution in [0.3, 0.4) is 0 Å². The number of pyridine rings is 2. The predicted molar refractivity (Wildman–Crippen MR) is 122 cm³/mol. The first kappa shape index (κ1) is 19.0. The molecule has 30 heavy (non-hydrogen) atoms. The summed E-state index contributed by atoms with van der Waals surface area (Å²) in [5.41, 5.74) is 8.07. The van der Waals surface area contributed by atoms with Gasteiger partial charge in [-0.2, -0.15) is 0 Å². The molecule has 0 spiro atoms. The SMILES string of the molecule is Cc1ccc2c(c1)c1c(n2CCc2ccccn2)CCN(CCc2ccccn2)C1. The van der Waals surface area contributed by atoms with E-state index in [1.54, 1.807) is 0 Å². The van der Waals surface area contributed by atoms with E-state index in [-0.39, 0.29) is 0 Å². The average molecular weight is 397 g/mol. The second-order valence-corrected chi connectivity index (χ2v) is 8.27. The van der Waals surface area contributed by atoms with Crippen molar-refractivity contribution in [3.8, 4) is 0 Å². The number of fused-ring (bicyclic) bond motifs is 3. The Hall–Kier alpha value is -2.98. The molecule has 0 saturated heterocycles. The van der Waals surface area contributed by atoms with Crippen LogP contribution in [0.4, 0.5) is 0 Å². The molecular weight excluding hydrogens is 368 g/mol. The number of aromatic nitrogens is 3. The van der Waals surface area contributed by atoms with Gasteiger partial charge >= 0.3 is 0 Å².